The molecule has 0 radical (unpaired) electrons. The summed E-state index contributed by atoms with van der Waals surface area (Å²) in [6.07, 6.45) is 0. The molecule has 3 aromatic rings. The van der Waals surface area contributed by atoms with Crippen LogP contribution in [0.15, 0.2) is 39.0 Å². The van der Waals surface area contributed by atoms with E-state index in [4.69, 9.17) is 4.52 Å². The highest BCUT2D eigenvalue weighted by atomic mass is 32.1. The van der Waals surface area contributed by atoms with E-state index in [1.807, 2.05) is 45.2 Å². The Morgan fingerprint density at radius 3 is 2.64 bits per heavy atom. The largest absolute Gasteiger partial charge is 0.356 e. The van der Waals surface area contributed by atoms with Gasteiger partial charge in [-0.05, 0) is 18.4 Å². The summed E-state index contributed by atoms with van der Waals surface area (Å²) in [6, 6.07) is 7.04. The van der Waals surface area contributed by atoms with Crippen molar-refractivity contribution in [1.82, 2.24) is 14.9 Å². The van der Waals surface area contributed by atoms with Crippen LogP contribution in [0.4, 0.5) is 0 Å². The van der Waals surface area contributed by atoms with Crippen molar-refractivity contribution in [2.75, 3.05) is 0 Å². The van der Waals surface area contributed by atoms with Crippen LogP contribution >= 0.6 is 11.3 Å². The van der Waals surface area contributed by atoms with E-state index in [1.54, 1.807) is 6.07 Å². The van der Waals surface area contributed by atoms with Crippen LogP contribution in [0.25, 0.3) is 21.9 Å². The summed E-state index contributed by atoms with van der Waals surface area (Å²) in [5.74, 6) is 0.433. The first-order chi connectivity index (χ1) is 11.8. The van der Waals surface area contributed by atoms with Gasteiger partial charge in [0.1, 0.15) is 12.2 Å². The van der Waals surface area contributed by atoms with Crippen molar-refractivity contribution in [1.29, 1.82) is 0 Å². The molecule has 0 fully saturated rings. The number of carbonyl (C=O) groups excluding carboxylic acids is 1. The summed E-state index contributed by atoms with van der Waals surface area (Å²) in [7, 11) is 0. The average molecular weight is 357 g/mol. The van der Waals surface area contributed by atoms with Gasteiger partial charge in [0.05, 0.1) is 16.1 Å². The van der Waals surface area contributed by atoms with Gasteiger partial charge in [-0.2, -0.15) is 5.10 Å². The summed E-state index contributed by atoms with van der Waals surface area (Å²) in [6.45, 7) is 7.23. The molecule has 0 aliphatic rings. The van der Waals surface area contributed by atoms with Crippen LogP contribution in [0, 0.1) is 12.3 Å². The third-order valence-electron chi connectivity index (χ3n) is 3.78. The van der Waals surface area contributed by atoms with E-state index in [-0.39, 0.29) is 17.9 Å². The summed E-state index contributed by atoms with van der Waals surface area (Å²) in [5, 5.41) is 10.3. The third-order valence-corrected chi connectivity index (χ3v) is 4.65. The van der Waals surface area contributed by atoms with Gasteiger partial charge in [0.2, 0.25) is 0 Å². The zero-order valence-electron chi connectivity index (χ0n) is 14.6. The molecule has 0 saturated carbocycles. The van der Waals surface area contributed by atoms with Crippen molar-refractivity contribution < 1.29 is 9.32 Å². The van der Waals surface area contributed by atoms with Gasteiger partial charge in [0, 0.05) is 17.5 Å². The minimum absolute atomic E-state index is 0.0533. The standard InChI is InChI=1S/C18H19N3O3S/c1-11-8-13(24-20-11)12-9-16(23)21(10-15(22)18(2,3)4)19-17(12)14-6-5-7-25-14/h5-9H,10H2,1-4H3. The molecule has 0 aromatic carbocycles. The number of hydrogen-bond donors (Lipinski definition) is 0. The predicted octanol–water partition coefficient (Wildman–Crippen LogP) is 3.55. The molecule has 3 aromatic heterocycles. The molecule has 6 nitrogen and oxygen atoms in total. The fourth-order valence-electron chi connectivity index (χ4n) is 2.25. The minimum Gasteiger partial charge on any atom is -0.356 e. The Kier molecular flexibility index (Phi) is 4.43. The Bertz CT molecular complexity index is 962. The monoisotopic (exact) mass is 357 g/mol. The number of aryl methyl sites for hydroxylation is 1. The number of nitrogens with zero attached hydrogens (tertiary/aromatic N) is 3. The second kappa shape index (κ2) is 6.40. The van der Waals surface area contributed by atoms with Crippen molar-refractivity contribution in [3.05, 3.63) is 45.7 Å². The Hall–Kier alpha value is -2.54. The van der Waals surface area contributed by atoms with Gasteiger partial charge in [0.25, 0.3) is 5.56 Å². The van der Waals surface area contributed by atoms with Crippen molar-refractivity contribution in [3.63, 3.8) is 0 Å². The van der Waals surface area contributed by atoms with Gasteiger partial charge in [0.15, 0.2) is 11.5 Å². The SMILES string of the molecule is Cc1cc(-c2cc(=O)n(CC(=O)C(C)(C)C)nc2-c2cccs2)on1. The zero-order valence-corrected chi connectivity index (χ0v) is 15.4. The van der Waals surface area contributed by atoms with E-state index in [2.05, 4.69) is 10.3 Å². The number of Topliss-reactive ketones (excluding diaryl/α,β-unsaturated/α-hetero) is 1. The zero-order chi connectivity index (χ0) is 18.2. The van der Waals surface area contributed by atoms with Gasteiger partial charge in [-0.1, -0.05) is 32.0 Å². The first-order valence-electron chi connectivity index (χ1n) is 7.89. The third kappa shape index (κ3) is 3.61. The molecular weight excluding hydrogens is 338 g/mol. The predicted molar refractivity (Wildman–Crippen MR) is 96.5 cm³/mol. The molecule has 0 aliphatic carbocycles. The van der Waals surface area contributed by atoms with E-state index in [9.17, 15) is 9.59 Å². The Morgan fingerprint density at radius 1 is 1.32 bits per heavy atom. The second-order valence-corrected chi connectivity index (χ2v) is 7.83. The summed E-state index contributed by atoms with van der Waals surface area (Å²) < 4.78 is 6.54. The van der Waals surface area contributed by atoms with Gasteiger partial charge in [-0.3, -0.25) is 9.59 Å². The van der Waals surface area contributed by atoms with Gasteiger partial charge in [-0.15, -0.1) is 11.3 Å². The van der Waals surface area contributed by atoms with Crippen molar-refractivity contribution in [3.8, 4) is 21.9 Å². The van der Waals surface area contributed by atoms with Crippen LogP contribution in [0.1, 0.15) is 26.5 Å². The van der Waals surface area contributed by atoms with E-state index < -0.39 is 5.41 Å². The molecule has 3 heterocycles. The summed E-state index contributed by atoms with van der Waals surface area (Å²) in [5.41, 5.74) is 1.02. The molecule has 0 aliphatic heterocycles. The first kappa shape index (κ1) is 17.3. The van der Waals surface area contributed by atoms with Crippen LogP contribution in [-0.4, -0.2) is 20.7 Å². The van der Waals surface area contributed by atoms with E-state index >= 15 is 0 Å². The molecule has 0 N–H and O–H groups in total. The molecule has 0 amide bonds. The number of hydrogen-bond acceptors (Lipinski definition) is 6. The average Bonchev–Trinajstić information content (AvgIpc) is 3.19. The molecule has 0 spiro atoms. The number of carbonyl (C=O) groups is 1. The van der Waals surface area contributed by atoms with Crippen molar-refractivity contribution in [2.24, 2.45) is 5.41 Å². The van der Waals surface area contributed by atoms with Gasteiger partial charge < -0.3 is 4.52 Å². The van der Waals surface area contributed by atoms with Crippen LogP contribution in [-0.2, 0) is 11.3 Å². The van der Waals surface area contributed by atoms with Crippen molar-refractivity contribution in [2.45, 2.75) is 34.2 Å². The maximum atomic E-state index is 12.5. The molecule has 0 bridgehead atoms. The van der Waals surface area contributed by atoms with Crippen LogP contribution in [0.5, 0.6) is 0 Å². The van der Waals surface area contributed by atoms with Crippen LogP contribution in [0.2, 0.25) is 0 Å². The molecule has 0 atom stereocenters. The fourth-order valence-corrected chi connectivity index (χ4v) is 2.97. The molecule has 0 unspecified atom stereocenters. The quantitative estimate of drug-likeness (QED) is 0.713. The van der Waals surface area contributed by atoms with Gasteiger partial charge >= 0.3 is 0 Å². The second-order valence-electron chi connectivity index (χ2n) is 6.89. The van der Waals surface area contributed by atoms with Crippen molar-refractivity contribution >= 4 is 17.1 Å². The summed E-state index contributed by atoms with van der Waals surface area (Å²) >= 11 is 1.51. The molecule has 3 rings (SSSR count). The number of thiophene rings is 1. The minimum atomic E-state index is -0.537. The van der Waals surface area contributed by atoms with Crippen LogP contribution < -0.4 is 5.56 Å². The lowest BCUT2D eigenvalue weighted by atomic mass is 9.91. The lowest BCUT2D eigenvalue weighted by Crippen LogP contribution is -2.32. The Morgan fingerprint density at radius 2 is 2.08 bits per heavy atom. The highest BCUT2D eigenvalue weighted by Crippen LogP contribution is 2.32. The van der Waals surface area contributed by atoms with Gasteiger partial charge in [-0.25, -0.2) is 4.68 Å². The molecule has 130 valence electrons. The van der Waals surface area contributed by atoms with Crippen LogP contribution in [0.3, 0.4) is 0 Å². The lowest BCUT2D eigenvalue weighted by Gasteiger charge is -2.17. The molecule has 25 heavy (non-hydrogen) atoms. The Balaban J connectivity index is 2.13. The first-order valence-corrected chi connectivity index (χ1v) is 8.77. The smallest absolute Gasteiger partial charge is 0.267 e. The molecule has 0 saturated heterocycles. The molecular formula is C18H19N3O3S. The number of ketones is 1. The fraction of sp³-hybridized carbons (Fsp3) is 0.333. The molecule has 7 heteroatoms. The maximum absolute atomic E-state index is 12.5. The number of rotatable bonds is 4. The highest BCUT2D eigenvalue weighted by molar-refractivity contribution is 7.13. The maximum Gasteiger partial charge on any atom is 0.267 e. The summed E-state index contributed by atoms with van der Waals surface area (Å²) in [4.78, 5) is 25.7. The number of aromatic nitrogens is 3. The van der Waals surface area contributed by atoms with E-state index in [1.165, 1.54) is 22.1 Å². The topological polar surface area (TPSA) is 78.0 Å². The Labute approximate surface area is 149 Å². The van der Waals surface area contributed by atoms with E-state index in [0.717, 1.165) is 10.6 Å². The highest BCUT2D eigenvalue weighted by Gasteiger charge is 2.24. The normalized spacial score (nSPS) is 11.7. The lowest BCUT2D eigenvalue weighted by molar-refractivity contribution is -0.127. The van der Waals surface area contributed by atoms with E-state index in [0.29, 0.717) is 17.0 Å².